The molecule has 2 rings (SSSR count). The van der Waals surface area contributed by atoms with Gasteiger partial charge < -0.3 is 15.4 Å². The van der Waals surface area contributed by atoms with Crippen LogP contribution in [0.1, 0.15) is 40.2 Å². The fraction of sp³-hybridized carbons (Fsp3) is 0.500. The van der Waals surface area contributed by atoms with Gasteiger partial charge in [0, 0.05) is 12.5 Å². The maximum atomic E-state index is 11.7. The smallest absolute Gasteiger partial charge is 0.267 e. The molecule has 1 aromatic rings. The summed E-state index contributed by atoms with van der Waals surface area (Å²) in [6, 6.07) is 3.14. The van der Waals surface area contributed by atoms with Crippen molar-refractivity contribution >= 4 is 12.2 Å². The van der Waals surface area contributed by atoms with E-state index in [0.29, 0.717) is 24.2 Å². The topological polar surface area (TPSA) is 82.2 Å². The Labute approximate surface area is 99.2 Å². The molecule has 1 saturated carbocycles. The van der Waals surface area contributed by atoms with E-state index in [1.807, 2.05) is 0 Å². The summed E-state index contributed by atoms with van der Waals surface area (Å²) in [5, 5.41) is 12.4. The normalized spacial score (nSPS) is 23.6. The number of rotatable bonds is 4. The Hall–Kier alpha value is -1.62. The van der Waals surface area contributed by atoms with Crippen molar-refractivity contribution in [3.8, 4) is 0 Å². The molecule has 0 saturated heterocycles. The van der Waals surface area contributed by atoms with Gasteiger partial charge in [-0.05, 0) is 25.0 Å². The van der Waals surface area contributed by atoms with E-state index in [4.69, 9.17) is 0 Å². The van der Waals surface area contributed by atoms with Gasteiger partial charge in [-0.1, -0.05) is 6.42 Å². The molecule has 0 radical (unpaired) electrons. The van der Waals surface area contributed by atoms with Gasteiger partial charge in [0.25, 0.3) is 5.91 Å². The van der Waals surface area contributed by atoms with Gasteiger partial charge in [-0.2, -0.15) is 0 Å². The molecule has 1 heterocycles. The summed E-state index contributed by atoms with van der Waals surface area (Å²) in [6.45, 7) is 0.482. The molecule has 5 heteroatoms. The van der Waals surface area contributed by atoms with Crippen molar-refractivity contribution in [3.05, 3.63) is 23.5 Å². The number of hydrogen-bond acceptors (Lipinski definition) is 3. The fourth-order valence-electron chi connectivity index (χ4n) is 2.19. The Balaban J connectivity index is 1.86. The quantitative estimate of drug-likeness (QED) is 0.674. The average molecular weight is 236 g/mol. The number of aromatic amines is 1. The highest BCUT2D eigenvalue weighted by Gasteiger charge is 2.25. The van der Waals surface area contributed by atoms with Crippen molar-refractivity contribution in [1.82, 2.24) is 10.3 Å². The Kier molecular flexibility index (Phi) is 3.58. The summed E-state index contributed by atoms with van der Waals surface area (Å²) in [5.74, 6) is -0.0864. The van der Waals surface area contributed by atoms with E-state index in [9.17, 15) is 14.7 Å². The lowest BCUT2D eigenvalue weighted by molar-refractivity contribution is 0.0912. The maximum absolute atomic E-state index is 11.7. The third kappa shape index (κ3) is 2.74. The zero-order chi connectivity index (χ0) is 12.3. The van der Waals surface area contributed by atoms with E-state index in [2.05, 4.69) is 10.3 Å². The van der Waals surface area contributed by atoms with Crippen LogP contribution in [0.3, 0.4) is 0 Å². The lowest BCUT2D eigenvalue weighted by Gasteiger charge is -2.14. The van der Waals surface area contributed by atoms with Crippen LogP contribution in [0, 0.1) is 5.92 Å². The van der Waals surface area contributed by atoms with Gasteiger partial charge in [-0.15, -0.1) is 0 Å². The van der Waals surface area contributed by atoms with Gasteiger partial charge in [0.1, 0.15) is 5.69 Å². The first kappa shape index (κ1) is 11.9. The second kappa shape index (κ2) is 5.14. The molecule has 2 unspecified atom stereocenters. The molecule has 1 aliphatic rings. The van der Waals surface area contributed by atoms with Crippen molar-refractivity contribution in [1.29, 1.82) is 0 Å². The number of aldehydes is 1. The minimum Gasteiger partial charge on any atom is -0.393 e. The van der Waals surface area contributed by atoms with E-state index >= 15 is 0 Å². The summed E-state index contributed by atoms with van der Waals surface area (Å²) in [7, 11) is 0. The first-order chi connectivity index (χ1) is 8.20. The zero-order valence-electron chi connectivity index (χ0n) is 9.48. The summed E-state index contributed by atoms with van der Waals surface area (Å²) in [5.41, 5.74) is 0.760. The molecular formula is C12H16N2O3. The van der Waals surface area contributed by atoms with Crippen molar-refractivity contribution < 1.29 is 14.7 Å². The number of hydrogen-bond donors (Lipinski definition) is 3. The first-order valence-electron chi connectivity index (χ1n) is 5.81. The molecule has 1 aliphatic carbocycles. The van der Waals surface area contributed by atoms with Crippen molar-refractivity contribution in [2.24, 2.45) is 5.92 Å². The lowest BCUT2D eigenvalue weighted by Crippen LogP contribution is -2.32. The summed E-state index contributed by atoms with van der Waals surface area (Å²) < 4.78 is 0. The number of nitrogens with one attached hydrogen (secondary N) is 2. The number of aliphatic hydroxyl groups excluding tert-OH is 1. The molecule has 92 valence electrons. The number of carbonyl (C=O) groups excluding carboxylic acids is 2. The Morgan fingerprint density at radius 3 is 2.94 bits per heavy atom. The van der Waals surface area contributed by atoms with Gasteiger partial charge in [-0.3, -0.25) is 9.59 Å². The van der Waals surface area contributed by atoms with Crippen LogP contribution >= 0.6 is 0 Å². The zero-order valence-corrected chi connectivity index (χ0v) is 9.48. The van der Waals surface area contributed by atoms with Gasteiger partial charge in [0.2, 0.25) is 0 Å². The highest BCUT2D eigenvalue weighted by atomic mass is 16.3. The van der Waals surface area contributed by atoms with E-state index in [1.165, 1.54) is 0 Å². The minimum atomic E-state index is -0.301. The first-order valence-corrected chi connectivity index (χ1v) is 5.81. The van der Waals surface area contributed by atoms with E-state index in [-0.39, 0.29) is 17.9 Å². The van der Waals surface area contributed by atoms with Crippen molar-refractivity contribution in [3.63, 3.8) is 0 Å². The standard InChI is InChI=1S/C12H16N2O3/c15-7-9-4-5-10(14-9)12(17)13-6-8-2-1-3-11(8)16/h4-5,7-8,11,14,16H,1-3,6H2,(H,13,17). The Bertz CT molecular complexity index is 414. The molecule has 1 aromatic heterocycles. The Morgan fingerprint density at radius 1 is 1.53 bits per heavy atom. The molecular weight excluding hydrogens is 220 g/mol. The number of amides is 1. The number of aliphatic hydroxyl groups is 1. The van der Waals surface area contributed by atoms with E-state index in [0.717, 1.165) is 19.3 Å². The molecule has 0 aliphatic heterocycles. The fourth-order valence-corrected chi connectivity index (χ4v) is 2.19. The SMILES string of the molecule is O=Cc1ccc(C(=O)NCC2CCCC2O)[nH]1. The molecule has 0 bridgehead atoms. The summed E-state index contributed by atoms with van der Waals surface area (Å²) >= 11 is 0. The summed E-state index contributed by atoms with van der Waals surface area (Å²) in [4.78, 5) is 24.9. The molecule has 0 aromatic carbocycles. The molecule has 17 heavy (non-hydrogen) atoms. The van der Waals surface area contributed by atoms with Crippen LogP contribution in [0.15, 0.2) is 12.1 Å². The van der Waals surface area contributed by atoms with Crippen LogP contribution in [-0.4, -0.2) is 34.9 Å². The number of H-pyrrole nitrogens is 1. The van der Waals surface area contributed by atoms with Crippen LogP contribution in [0.25, 0.3) is 0 Å². The van der Waals surface area contributed by atoms with Gasteiger partial charge in [-0.25, -0.2) is 0 Å². The summed E-state index contributed by atoms with van der Waals surface area (Å²) in [6.07, 6.45) is 3.14. The van der Waals surface area contributed by atoms with Gasteiger partial charge in [0.15, 0.2) is 6.29 Å². The maximum Gasteiger partial charge on any atom is 0.267 e. The second-order valence-electron chi connectivity index (χ2n) is 4.41. The molecule has 1 fully saturated rings. The highest BCUT2D eigenvalue weighted by Crippen LogP contribution is 2.24. The van der Waals surface area contributed by atoms with Gasteiger partial charge in [0.05, 0.1) is 11.8 Å². The minimum absolute atomic E-state index is 0.152. The molecule has 5 nitrogen and oxygen atoms in total. The third-order valence-corrected chi connectivity index (χ3v) is 3.22. The van der Waals surface area contributed by atoms with Crippen LogP contribution in [-0.2, 0) is 0 Å². The number of carbonyl (C=O) groups is 2. The van der Waals surface area contributed by atoms with Crippen molar-refractivity contribution in [2.45, 2.75) is 25.4 Å². The predicted octanol–water partition coefficient (Wildman–Crippen LogP) is 0.718. The second-order valence-corrected chi connectivity index (χ2v) is 4.41. The third-order valence-electron chi connectivity index (χ3n) is 3.22. The molecule has 3 N–H and O–H groups in total. The lowest BCUT2D eigenvalue weighted by atomic mass is 10.1. The van der Waals surface area contributed by atoms with E-state index < -0.39 is 0 Å². The predicted molar refractivity (Wildman–Crippen MR) is 61.9 cm³/mol. The number of aromatic nitrogens is 1. The molecule has 0 spiro atoms. The average Bonchev–Trinajstić information content (AvgIpc) is 2.94. The molecule has 1 amide bonds. The largest absolute Gasteiger partial charge is 0.393 e. The van der Waals surface area contributed by atoms with Crippen molar-refractivity contribution in [2.75, 3.05) is 6.54 Å². The Morgan fingerprint density at radius 2 is 2.35 bits per heavy atom. The van der Waals surface area contributed by atoms with Crippen LogP contribution in [0.5, 0.6) is 0 Å². The highest BCUT2D eigenvalue weighted by molar-refractivity contribution is 5.93. The molecule has 2 atom stereocenters. The van der Waals surface area contributed by atoms with Gasteiger partial charge >= 0.3 is 0 Å². The van der Waals surface area contributed by atoms with E-state index in [1.54, 1.807) is 12.1 Å². The van der Waals surface area contributed by atoms with Crippen LogP contribution < -0.4 is 5.32 Å². The van der Waals surface area contributed by atoms with Crippen LogP contribution in [0.2, 0.25) is 0 Å². The van der Waals surface area contributed by atoms with Crippen LogP contribution in [0.4, 0.5) is 0 Å². The monoisotopic (exact) mass is 236 g/mol.